The number of nitrogens with zero attached hydrogens (tertiary/aromatic N) is 7. The summed E-state index contributed by atoms with van der Waals surface area (Å²) in [6.45, 7) is 1.34. The number of nitrogens with two attached hydrogens (primary N) is 2. The fourth-order valence-electron chi connectivity index (χ4n) is 12.1. The van der Waals surface area contributed by atoms with Gasteiger partial charge in [-0.3, -0.25) is 29.2 Å². The maximum atomic E-state index is 13.1. The number of aliphatic imine (C=N–C) groups is 2. The summed E-state index contributed by atoms with van der Waals surface area (Å²) in [4.78, 5) is 68.2. The van der Waals surface area contributed by atoms with Crippen LogP contribution in [-0.2, 0) is 35.1 Å². The molecule has 0 bridgehead atoms. The van der Waals surface area contributed by atoms with E-state index in [0.29, 0.717) is 53.5 Å². The molecule has 1 aromatic heterocycles. The predicted octanol–water partition coefficient (Wildman–Crippen LogP) is 15.8. The van der Waals surface area contributed by atoms with Crippen molar-refractivity contribution in [2.24, 2.45) is 20.9 Å². The lowest BCUT2D eigenvalue weighted by Crippen LogP contribution is -2.41. The number of ether oxygens (including phenoxy) is 4. The summed E-state index contributed by atoms with van der Waals surface area (Å²) in [5, 5.41) is 13.5. The second-order valence-corrected chi connectivity index (χ2v) is 25.0. The highest BCUT2D eigenvalue weighted by atomic mass is 35.5. The fraction of sp³-hybridized carbons (Fsp3) is 0.111. The SMILES string of the molecule is COc1ccc(CCl)cc1.COc1ccc(CN2C(=O)CN=C(c3ccccc3)c3ccccc32)cc1.COc1ccc(CN2C(=O)[C@@H](N)N=C(c3ccccc3)c3ccccc32)cc1.COc1ccc(Cn2c(=O)/c(=N\O)nc(-c3ccccc3)c3ccccc32)cc1.Nc1ccccc1C(=O)c1ccccc1. The van der Waals surface area contributed by atoms with Crippen LogP contribution in [0.3, 0.4) is 0 Å². The standard InChI is InChI=1S/C23H19N3O3.C23H21N3O2.C23H20N2O2.C13H11NO.C8H9ClO/c1-29-18-13-11-16(12-14-18)15-26-20-10-6-5-9-19(20)21(17-7-3-2-4-8-17)24-22(25-28)23(26)27;1-28-18-13-11-16(12-14-18)15-26-20-10-6-5-9-19(20)21(25-22(24)23(26)27)17-7-3-2-4-8-17;1-27-19-13-11-17(12-14-19)16-25-21-10-6-5-9-20(21)23(24-15-22(25)26)18-7-3-2-4-8-18;14-12-9-5-4-8-11(12)13(15)10-6-2-1-3-7-10;1-10-8-4-2-7(6-9)3-5-8/h2-14,28H,15H2,1H3;2-14,22H,15,24H2,1H3;2-14H,15-16H2,1H3;1-9H,14H2;2-5H,6H2,1H3/b25-22+;;;;/t;22-;;;/m.0.../s1. The van der Waals surface area contributed by atoms with E-state index in [9.17, 15) is 24.4 Å². The number of nitrogen functional groups attached to an aromatic ring is 1. The quantitative estimate of drug-likeness (QED) is 0.0269. The van der Waals surface area contributed by atoms with Gasteiger partial charge < -0.3 is 50.0 Å². The average molecular weight is 1470 g/mol. The summed E-state index contributed by atoms with van der Waals surface area (Å²) in [5.41, 5.74) is 26.2. The van der Waals surface area contributed by atoms with Gasteiger partial charge in [0.2, 0.25) is 5.91 Å². The molecule has 1 atom stereocenters. The van der Waals surface area contributed by atoms with Crippen molar-refractivity contribution >= 4 is 68.6 Å². The molecule has 5 N–H and O–H groups in total. The molecule has 546 valence electrons. The number of carbonyl (C=O) groups is 3. The van der Waals surface area contributed by atoms with E-state index >= 15 is 0 Å². The number of benzodiazepines with no additional fused rings is 2. The first-order chi connectivity index (χ1) is 53.3. The predicted molar refractivity (Wildman–Crippen MR) is 432 cm³/mol. The zero-order valence-corrected chi connectivity index (χ0v) is 61.3. The molecule has 0 aliphatic carbocycles. The van der Waals surface area contributed by atoms with Crippen LogP contribution in [-0.4, -0.2) is 84.9 Å². The molecule has 0 radical (unpaired) electrons. The van der Waals surface area contributed by atoms with Crippen molar-refractivity contribution in [2.45, 2.75) is 31.7 Å². The Kier molecular flexibility index (Phi) is 26.7. The third-order valence-electron chi connectivity index (χ3n) is 17.8. The number of halogens is 1. The highest BCUT2D eigenvalue weighted by molar-refractivity contribution is 6.21. The van der Waals surface area contributed by atoms with Crippen molar-refractivity contribution in [3.05, 3.63) is 387 Å². The molecule has 0 saturated heterocycles. The lowest BCUT2D eigenvalue weighted by atomic mass is 10.00. The van der Waals surface area contributed by atoms with Gasteiger partial charge in [-0.05, 0) is 101 Å². The summed E-state index contributed by atoms with van der Waals surface area (Å²) in [5.74, 6) is 3.47. The third kappa shape index (κ3) is 19.5. The number of carbonyl (C=O) groups excluding carboxylic acids is 3. The van der Waals surface area contributed by atoms with E-state index < -0.39 is 11.7 Å². The van der Waals surface area contributed by atoms with Crippen molar-refractivity contribution in [1.29, 1.82) is 0 Å². The number of benzene rings is 12. The lowest BCUT2D eigenvalue weighted by Gasteiger charge is -2.24. The first-order valence-corrected chi connectivity index (χ1v) is 35.4. The van der Waals surface area contributed by atoms with Crippen molar-refractivity contribution in [3.63, 3.8) is 0 Å². The topological polar surface area (TPSA) is 239 Å². The smallest absolute Gasteiger partial charge is 0.299 e. The highest BCUT2D eigenvalue weighted by Gasteiger charge is 2.31. The van der Waals surface area contributed by atoms with Gasteiger partial charge in [0.05, 0.1) is 82.1 Å². The number of amides is 2. The molecule has 0 fully saturated rings. The van der Waals surface area contributed by atoms with Gasteiger partial charge in [-0.15, -0.1) is 11.6 Å². The molecule has 0 unspecified atom stereocenters. The van der Waals surface area contributed by atoms with Gasteiger partial charge in [-0.25, -0.2) is 4.98 Å². The Morgan fingerprint density at radius 3 is 1.39 bits per heavy atom. The number of anilines is 3. The molecule has 2 aliphatic heterocycles. The van der Waals surface area contributed by atoms with Crippen molar-refractivity contribution < 1.29 is 38.5 Å². The molecule has 18 nitrogen and oxygen atoms in total. The summed E-state index contributed by atoms with van der Waals surface area (Å²) in [6, 6.07) is 99.5. The van der Waals surface area contributed by atoms with Gasteiger partial charge in [-0.1, -0.05) is 242 Å². The molecule has 2 aliphatic rings. The van der Waals surface area contributed by atoms with Crippen LogP contribution < -0.4 is 51.3 Å². The van der Waals surface area contributed by atoms with Crippen LogP contribution in [0.1, 0.15) is 60.4 Å². The van der Waals surface area contributed by atoms with E-state index in [-0.39, 0.29) is 29.6 Å². The van der Waals surface area contributed by atoms with Crippen molar-refractivity contribution in [2.75, 3.05) is 50.5 Å². The van der Waals surface area contributed by atoms with Gasteiger partial charge in [0, 0.05) is 55.9 Å². The Hall–Kier alpha value is -13.6. The Balaban J connectivity index is 0.000000141. The van der Waals surface area contributed by atoms with E-state index in [1.807, 2.05) is 296 Å². The largest absolute Gasteiger partial charge is 0.497 e. The van der Waals surface area contributed by atoms with Gasteiger partial charge >= 0.3 is 0 Å². The number of hydrogen-bond acceptors (Lipinski definition) is 15. The molecule has 0 saturated carbocycles. The molecule has 15 rings (SSSR count). The van der Waals surface area contributed by atoms with Crippen LogP contribution in [0.5, 0.6) is 23.0 Å². The Morgan fingerprint density at radius 2 is 0.890 bits per heavy atom. The molecular weight excluding hydrogens is 1390 g/mol. The summed E-state index contributed by atoms with van der Waals surface area (Å²) >= 11 is 5.58. The minimum atomic E-state index is -0.958. The monoisotopic (exact) mass is 1470 g/mol. The number of aromatic nitrogens is 2. The lowest BCUT2D eigenvalue weighted by molar-refractivity contribution is -0.120. The first-order valence-electron chi connectivity index (χ1n) is 34.9. The molecule has 12 aromatic carbocycles. The number of para-hydroxylation sites is 4. The van der Waals surface area contributed by atoms with Crippen LogP contribution in [0, 0.1) is 0 Å². The van der Waals surface area contributed by atoms with Crippen molar-refractivity contribution in [3.8, 4) is 34.3 Å². The number of fused-ring (bicyclic) bond motifs is 3. The second-order valence-electron chi connectivity index (χ2n) is 24.7. The summed E-state index contributed by atoms with van der Waals surface area (Å²) in [6.07, 6.45) is -0.958. The zero-order valence-electron chi connectivity index (χ0n) is 60.5. The van der Waals surface area contributed by atoms with E-state index in [1.165, 1.54) is 0 Å². The fourth-order valence-corrected chi connectivity index (χ4v) is 12.3. The van der Waals surface area contributed by atoms with Crippen molar-refractivity contribution in [1.82, 2.24) is 9.55 Å². The highest BCUT2D eigenvalue weighted by Crippen LogP contribution is 2.32. The molecule has 3 heterocycles. The Morgan fingerprint density at radius 1 is 0.477 bits per heavy atom. The van der Waals surface area contributed by atoms with Gasteiger partial charge in [0.15, 0.2) is 11.9 Å². The van der Waals surface area contributed by atoms with Crippen LogP contribution in [0.2, 0.25) is 0 Å². The summed E-state index contributed by atoms with van der Waals surface area (Å²) < 4.78 is 22.2. The average Bonchev–Trinajstić information content (AvgIpc) is 1.70. The molecule has 19 heteroatoms. The minimum absolute atomic E-state index is 0.0100. The van der Waals surface area contributed by atoms with Crippen LogP contribution >= 0.6 is 11.6 Å². The minimum Gasteiger partial charge on any atom is -0.497 e. The van der Waals surface area contributed by atoms with E-state index in [2.05, 4.69) is 20.1 Å². The van der Waals surface area contributed by atoms with Crippen LogP contribution in [0.4, 0.5) is 17.1 Å². The number of alkyl halides is 1. The van der Waals surface area contributed by atoms with Crippen LogP contribution in [0.25, 0.3) is 22.2 Å². The first kappa shape index (κ1) is 76.6. The third-order valence-corrected chi connectivity index (χ3v) is 18.1. The molecule has 2 amide bonds. The molecule has 109 heavy (non-hydrogen) atoms. The van der Waals surface area contributed by atoms with Crippen LogP contribution in [0.15, 0.2) is 335 Å². The maximum Gasteiger partial charge on any atom is 0.299 e. The number of hydrogen-bond donors (Lipinski definition) is 3. The molecule has 13 aromatic rings. The Labute approximate surface area is 637 Å². The van der Waals surface area contributed by atoms with Gasteiger partial charge in [0.1, 0.15) is 29.5 Å². The normalized spacial score (nSPS) is 12.8. The summed E-state index contributed by atoms with van der Waals surface area (Å²) in [7, 11) is 6.53. The maximum absolute atomic E-state index is 13.1. The van der Waals surface area contributed by atoms with E-state index in [1.54, 1.807) is 62.2 Å². The Bertz CT molecular complexity index is 5400. The molecule has 0 spiro atoms. The van der Waals surface area contributed by atoms with E-state index in [0.717, 1.165) is 101 Å². The number of rotatable bonds is 16. The second kappa shape index (κ2) is 37.9. The zero-order chi connectivity index (χ0) is 76.4. The van der Waals surface area contributed by atoms with E-state index in [4.69, 9.17) is 42.0 Å². The number of ketones is 1. The number of methoxy groups -OCH3 is 4. The molecular formula is C90H80ClN9O9. The van der Waals surface area contributed by atoms with Gasteiger partial charge in [0.25, 0.3) is 17.0 Å². The van der Waals surface area contributed by atoms with Gasteiger partial charge in [-0.2, -0.15) is 0 Å².